The van der Waals surface area contributed by atoms with Crippen LogP contribution in [0, 0.1) is 22.6 Å². The topological polar surface area (TPSA) is 60.2 Å². The van der Waals surface area contributed by atoms with Crippen molar-refractivity contribution >= 4 is 29.9 Å². The SMILES string of the molecule is CN=C(NCc1ccc(C#N)cc1F)NC1CCC(C)(C)CC1.I. The number of nitrogens with one attached hydrogen (secondary N) is 2. The van der Waals surface area contributed by atoms with Gasteiger partial charge < -0.3 is 10.6 Å². The molecule has 132 valence electrons. The fourth-order valence-corrected chi connectivity index (χ4v) is 2.87. The molecule has 6 heteroatoms. The molecule has 0 aliphatic heterocycles. The zero-order valence-electron chi connectivity index (χ0n) is 14.5. The Morgan fingerprint density at radius 3 is 2.58 bits per heavy atom. The lowest BCUT2D eigenvalue weighted by Gasteiger charge is -2.35. The van der Waals surface area contributed by atoms with Crippen LogP contribution in [-0.2, 0) is 6.54 Å². The maximum atomic E-state index is 13.9. The lowest BCUT2D eigenvalue weighted by molar-refractivity contribution is 0.216. The summed E-state index contributed by atoms with van der Waals surface area (Å²) in [5.41, 5.74) is 1.29. The van der Waals surface area contributed by atoms with Crippen LogP contribution < -0.4 is 10.6 Å². The van der Waals surface area contributed by atoms with Crippen molar-refractivity contribution in [1.29, 1.82) is 5.26 Å². The van der Waals surface area contributed by atoms with E-state index in [0.29, 0.717) is 35.1 Å². The first-order valence-electron chi connectivity index (χ1n) is 8.09. The minimum atomic E-state index is -0.369. The van der Waals surface area contributed by atoms with E-state index in [9.17, 15) is 4.39 Å². The van der Waals surface area contributed by atoms with E-state index < -0.39 is 0 Å². The van der Waals surface area contributed by atoms with Gasteiger partial charge in [0.2, 0.25) is 0 Å². The minimum absolute atomic E-state index is 0. The molecule has 1 aromatic carbocycles. The highest BCUT2D eigenvalue weighted by molar-refractivity contribution is 14.0. The number of guanidine groups is 1. The molecule has 0 atom stereocenters. The zero-order chi connectivity index (χ0) is 16.9. The maximum Gasteiger partial charge on any atom is 0.191 e. The standard InChI is InChI=1S/C18H25FN4.HI/c1-18(2)8-6-15(7-9-18)23-17(21-3)22-12-14-5-4-13(11-20)10-16(14)19;/h4-5,10,15H,6-9,12H2,1-3H3,(H2,21,22,23);1H. The first-order valence-corrected chi connectivity index (χ1v) is 8.09. The fourth-order valence-electron chi connectivity index (χ4n) is 2.87. The van der Waals surface area contributed by atoms with Crippen molar-refractivity contribution in [3.05, 3.63) is 35.1 Å². The predicted octanol–water partition coefficient (Wildman–Crippen LogP) is 3.95. The summed E-state index contributed by atoms with van der Waals surface area (Å²) in [4.78, 5) is 4.22. The van der Waals surface area contributed by atoms with E-state index >= 15 is 0 Å². The van der Waals surface area contributed by atoms with E-state index in [1.807, 2.05) is 6.07 Å². The highest BCUT2D eigenvalue weighted by Crippen LogP contribution is 2.34. The molecule has 24 heavy (non-hydrogen) atoms. The Balaban J connectivity index is 0.00000288. The smallest absolute Gasteiger partial charge is 0.191 e. The van der Waals surface area contributed by atoms with Crippen molar-refractivity contribution in [2.45, 2.75) is 52.1 Å². The second-order valence-corrected chi connectivity index (χ2v) is 6.93. The van der Waals surface area contributed by atoms with E-state index in [4.69, 9.17) is 5.26 Å². The third kappa shape index (κ3) is 5.93. The van der Waals surface area contributed by atoms with Gasteiger partial charge in [-0.25, -0.2) is 4.39 Å². The molecule has 1 aromatic rings. The Morgan fingerprint density at radius 2 is 2.04 bits per heavy atom. The van der Waals surface area contributed by atoms with Crippen LogP contribution in [0.4, 0.5) is 4.39 Å². The Morgan fingerprint density at radius 1 is 1.38 bits per heavy atom. The molecule has 1 aliphatic rings. The normalized spacial score (nSPS) is 17.5. The average molecular weight is 444 g/mol. The van der Waals surface area contributed by atoms with Gasteiger partial charge >= 0.3 is 0 Å². The number of nitriles is 1. The zero-order valence-corrected chi connectivity index (χ0v) is 16.9. The highest BCUT2D eigenvalue weighted by Gasteiger charge is 2.27. The molecule has 0 unspecified atom stereocenters. The molecule has 1 aliphatic carbocycles. The first kappa shape index (κ1) is 20.7. The van der Waals surface area contributed by atoms with E-state index in [0.717, 1.165) is 12.8 Å². The second kappa shape index (κ2) is 9.21. The van der Waals surface area contributed by atoms with E-state index in [-0.39, 0.29) is 29.8 Å². The lowest BCUT2D eigenvalue weighted by atomic mass is 9.75. The number of aliphatic imine (C=N–C) groups is 1. The average Bonchev–Trinajstić information content (AvgIpc) is 2.53. The third-order valence-electron chi connectivity index (χ3n) is 4.53. The number of hydrogen-bond acceptors (Lipinski definition) is 2. The Kier molecular flexibility index (Phi) is 7.94. The molecule has 0 amide bonds. The molecule has 2 rings (SSSR count). The maximum absolute atomic E-state index is 13.9. The quantitative estimate of drug-likeness (QED) is 0.422. The molecule has 0 spiro atoms. The molecular formula is C18H26FIN4. The third-order valence-corrected chi connectivity index (χ3v) is 4.53. The molecule has 0 bridgehead atoms. The van der Waals surface area contributed by atoms with Crippen LogP contribution in [0.2, 0.25) is 0 Å². The van der Waals surface area contributed by atoms with Crippen molar-refractivity contribution in [2.75, 3.05) is 7.05 Å². The summed E-state index contributed by atoms with van der Waals surface area (Å²) in [6.07, 6.45) is 4.65. The van der Waals surface area contributed by atoms with Crippen molar-refractivity contribution < 1.29 is 4.39 Å². The number of nitrogens with zero attached hydrogens (tertiary/aromatic N) is 2. The molecular weight excluding hydrogens is 418 g/mol. The van der Waals surface area contributed by atoms with Crippen molar-refractivity contribution in [2.24, 2.45) is 10.4 Å². The molecule has 1 saturated carbocycles. The lowest BCUT2D eigenvalue weighted by Crippen LogP contribution is -2.45. The number of benzene rings is 1. The fraction of sp³-hybridized carbons (Fsp3) is 0.556. The first-order chi connectivity index (χ1) is 10.9. The van der Waals surface area contributed by atoms with E-state index in [2.05, 4.69) is 29.5 Å². The van der Waals surface area contributed by atoms with Crippen LogP contribution in [0.3, 0.4) is 0 Å². The van der Waals surface area contributed by atoms with Gasteiger partial charge in [0.25, 0.3) is 0 Å². The molecule has 0 radical (unpaired) electrons. The van der Waals surface area contributed by atoms with Crippen LogP contribution >= 0.6 is 24.0 Å². The number of rotatable bonds is 3. The van der Waals surface area contributed by atoms with Gasteiger partial charge in [-0.15, -0.1) is 24.0 Å². The minimum Gasteiger partial charge on any atom is -0.354 e. The summed E-state index contributed by atoms with van der Waals surface area (Å²) < 4.78 is 13.9. The summed E-state index contributed by atoms with van der Waals surface area (Å²) >= 11 is 0. The van der Waals surface area contributed by atoms with Gasteiger partial charge in [-0.05, 0) is 43.2 Å². The van der Waals surface area contributed by atoms with Crippen LogP contribution in [-0.4, -0.2) is 19.0 Å². The van der Waals surface area contributed by atoms with Gasteiger partial charge in [0.05, 0.1) is 11.6 Å². The predicted molar refractivity (Wildman–Crippen MR) is 106 cm³/mol. The summed E-state index contributed by atoms with van der Waals surface area (Å²) in [7, 11) is 1.72. The van der Waals surface area contributed by atoms with Gasteiger partial charge in [-0.1, -0.05) is 19.9 Å². The van der Waals surface area contributed by atoms with Crippen LogP contribution in [0.15, 0.2) is 23.2 Å². The monoisotopic (exact) mass is 444 g/mol. The molecule has 0 heterocycles. The van der Waals surface area contributed by atoms with Gasteiger partial charge in [0.1, 0.15) is 5.82 Å². The molecule has 1 fully saturated rings. The molecule has 4 nitrogen and oxygen atoms in total. The molecule has 2 N–H and O–H groups in total. The summed E-state index contributed by atoms with van der Waals surface area (Å²) in [5, 5.41) is 15.3. The highest BCUT2D eigenvalue weighted by atomic mass is 127. The van der Waals surface area contributed by atoms with Crippen LogP contribution in [0.1, 0.15) is 50.7 Å². The van der Waals surface area contributed by atoms with Crippen molar-refractivity contribution in [3.63, 3.8) is 0 Å². The summed E-state index contributed by atoms with van der Waals surface area (Å²) in [6.45, 7) is 4.96. The van der Waals surface area contributed by atoms with Gasteiger partial charge in [-0.2, -0.15) is 5.26 Å². The second-order valence-electron chi connectivity index (χ2n) is 6.93. The van der Waals surface area contributed by atoms with Crippen LogP contribution in [0.25, 0.3) is 0 Å². The van der Waals surface area contributed by atoms with E-state index in [1.165, 1.54) is 18.9 Å². The van der Waals surface area contributed by atoms with Gasteiger partial charge in [0, 0.05) is 25.2 Å². The van der Waals surface area contributed by atoms with Gasteiger partial charge in [-0.3, -0.25) is 4.99 Å². The van der Waals surface area contributed by atoms with Crippen molar-refractivity contribution in [1.82, 2.24) is 10.6 Å². The summed E-state index contributed by atoms with van der Waals surface area (Å²) in [5.74, 6) is 0.324. The van der Waals surface area contributed by atoms with Crippen molar-refractivity contribution in [3.8, 4) is 6.07 Å². The van der Waals surface area contributed by atoms with E-state index in [1.54, 1.807) is 19.2 Å². The summed E-state index contributed by atoms with van der Waals surface area (Å²) in [6, 6.07) is 6.87. The van der Waals surface area contributed by atoms with Gasteiger partial charge in [0.15, 0.2) is 5.96 Å². The number of hydrogen-bond donors (Lipinski definition) is 2. The largest absolute Gasteiger partial charge is 0.354 e. The van der Waals surface area contributed by atoms with Crippen LogP contribution in [0.5, 0.6) is 0 Å². The number of halogens is 2. The molecule has 0 saturated heterocycles. The Hall–Kier alpha value is -1.36. The Labute approximate surface area is 161 Å². The molecule has 0 aromatic heterocycles. The Bertz CT molecular complexity index is 612.